The van der Waals surface area contributed by atoms with Gasteiger partial charge in [0, 0.05) is 24.0 Å². The molecule has 0 spiro atoms. The van der Waals surface area contributed by atoms with E-state index in [-0.39, 0.29) is 5.91 Å². The summed E-state index contributed by atoms with van der Waals surface area (Å²) in [7, 11) is 0. The first kappa shape index (κ1) is 18.2. The van der Waals surface area contributed by atoms with Crippen LogP contribution < -0.4 is 5.32 Å². The number of amides is 1. The smallest absolute Gasteiger partial charge is 0.305 e. The average molecular weight is 386 g/mol. The third-order valence-corrected chi connectivity index (χ3v) is 4.68. The zero-order valence-electron chi connectivity index (χ0n) is 14.8. The first-order valence-electron chi connectivity index (χ1n) is 8.92. The van der Waals surface area contributed by atoms with Crippen LogP contribution in [0.3, 0.4) is 0 Å². The predicted octanol–water partition coefficient (Wildman–Crippen LogP) is 4.55. The summed E-state index contributed by atoms with van der Waals surface area (Å²) in [4.78, 5) is 16.5. The first-order chi connectivity index (χ1) is 13.4. The standard InChI is InChI=1S/C20H17F3N4O/c21-20(22,23)15-5-3-4-13(10-15)14-7-8-18(24-12-14)25-19(28)17-11-16-6-1-2-9-27(16)26-17/h3-5,7-8,10-12H,1-2,6,9H2,(H,24,25,28). The van der Waals surface area contributed by atoms with Crippen molar-refractivity contribution in [1.82, 2.24) is 14.8 Å². The van der Waals surface area contributed by atoms with Gasteiger partial charge in [-0.3, -0.25) is 9.48 Å². The van der Waals surface area contributed by atoms with Crippen LogP contribution in [0.15, 0.2) is 48.7 Å². The lowest BCUT2D eigenvalue weighted by Gasteiger charge is -2.11. The highest BCUT2D eigenvalue weighted by molar-refractivity contribution is 6.02. The minimum atomic E-state index is -4.40. The van der Waals surface area contributed by atoms with Crippen molar-refractivity contribution in [3.8, 4) is 11.1 Å². The van der Waals surface area contributed by atoms with Gasteiger partial charge in [0.15, 0.2) is 5.69 Å². The summed E-state index contributed by atoms with van der Waals surface area (Å²) in [6.07, 6.45) is 0.0776. The molecule has 4 rings (SSSR count). The lowest BCUT2D eigenvalue weighted by Crippen LogP contribution is -2.15. The summed E-state index contributed by atoms with van der Waals surface area (Å²) in [5, 5.41) is 6.99. The third kappa shape index (κ3) is 3.76. The van der Waals surface area contributed by atoms with E-state index in [2.05, 4.69) is 15.4 Å². The molecule has 1 aliphatic heterocycles. The Morgan fingerprint density at radius 1 is 1.07 bits per heavy atom. The Kier molecular flexibility index (Phi) is 4.62. The number of halogens is 3. The Morgan fingerprint density at radius 2 is 1.93 bits per heavy atom. The van der Waals surface area contributed by atoms with E-state index in [1.165, 1.54) is 12.3 Å². The summed E-state index contributed by atoms with van der Waals surface area (Å²) in [6, 6.07) is 10.0. The number of aryl methyl sites for hydroxylation is 2. The maximum atomic E-state index is 12.9. The molecule has 3 aromatic rings. The SMILES string of the molecule is O=C(Nc1ccc(-c2cccc(C(F)(F)F)c2)cn1)c1cc2n(n1)CCCC2. The molecule has 0 unspecified atom stereocenters. The molecule has 8 heteroatoms. The van der Waals surface area contributed by atoms with E-state index in [0.29, 0.717) is 22.6 Å². The van der Waals surface area contributed by atoms with Gasteiger partial charge in [0.2, 0.25) is 0 Å². The van der Waals surface area contributed by atoms with Gasteiger partial charge in [0.05, 0.1) is 5.56 Å². The molecule has 28 heavy (non-hydrogen) atoms. The highest BCUT2D eigenvalue weighted by Gasteiger charge is 2.30. The van der Waals surface area contributed by atoms with Gasteiger partial charge in [-0.2, -0.15) is 18.3 Å². The Labute approximate surface area is 159 Å². The number of carbonyl (C=O) groups excluding carboxylic acids is 1. The number of rotatable bonds is 3. The minimum absolute atomic E-state index is 0.312. The summed E-state index contributed by atoms with van der Waals surface area (Å²) < 4.78 is 40.5. The topological polar surface area (TPSA) is 59.8 Å². The van der Waals surface area contributed by atoms with Crippen molar-refractivity contribution >= 4 is 11.7 Å². The number of hydrogen-bond donors (Lipinski definition) is 1. The van der Waals surface area contributed by atoms with E-state index in [9.17, 15) is 18.0 Å². The molecular weight excluding hydrogens is 369 g/mol. The van der Waals surface area contributed by atoms with Gasteiger partial charge in [0.1, 0.15) is 5.82 Å². The summed E-state index contributed by atoms with van der Waals surface area (Å²) in [5.41, 5.74) is 1.60. The Bertz CT molecular complexity index is 986. The lowest BCUT2D eigenvalue weighted by molar-refractivity contribution is -0.137. The number of benzene rings is 1. The van der Waals surface area contributed by atoms with Crippen LogP contribution in [0.2, 0.25) is 0 Å². The molecule has 1 aromatic carbocycles. The molecule has 0 bridgehead atoms. The Hall–Kier alpha value is -3.16. The summed E-state index contributed by atoms with van der Waals surface area (Å²) in [6.45, 7) is 0.812. The molecule has 1 amide bonds. The fourth-order valence-corrected chi connectivity index (χ4v) is 3.22. The Morgan fingerprint density at radius 3 is 2.64 bits per heavy atom. The molecule has 5 nitrogen and oxygen atoms in total. The number of carbonyl (C=O) groups is 1. The van der Waals surface area contributed by atoms with Crippen LogP contribution in [-0.2, 0) is 19.1 Å². The van der Waals surface area contributed by atoms with Crippen molar-refractivity contribution in [2.75, 3.05) is 5.32 Å². The van der Waals surface area contributed by atoms with Gasteiger partial charge < -0.3 is 5.32 Å². The normalized spacial score (nSPS) is 13.8. The number of pyridine rings is 1. The van der Waals surface area contributed by atoms with Crippen molar-refractivity contribution in [2.45, 2.75) is 32.0 Å². The summed E-state index contributed by atoms with van der Waals surface area (Å²) in [5.74, 6) is -0.0482. The van der Waals surface area contributed by atoms with Crippen molar-refractivity contribution < 1.29 is 18.0 Å². The molecule has 0 radical (unpaired) electrons. The molecule has 3 heterocycles. The van der Waals surface area contributed by atoms with E-state index in [1.54, 1.807) is 24.3 Å². The molecule has 2 aromatic heterocycles. The van der Waals surface area contributed by atoms with E-state index in [4.69, 9.17) is 0 Å². The molecule has 0 saturated heterocycles. The number of alkyl halides is 3. The van der Waals surface area contributed by atoms with E-state index < -0.39 is 11.7 Å². The second-order valence-electron chi connectivity index (χ2n) is 6.67. The maximum Gasteiger partial charge on any atom is 0.416 e. The third-order valence-electron chi connectivity index (χ3n) is 4.68. The van der Waals surface area contributed by atoms with Crippen molar-refractivity contribution in [1.29, 1.82) is 0 Å². The highest BCUT2D eigenvalue weighted by Crippen LogP contribution is 2.32. The van der Waals surface area contributed by atoms with Gasteiger partial charge in [-0.15, -0.1) is 0 Å². The van der Waals surface area contributed by atoms with Gasteiger partial charge in [-0.1, -0.05) is 12.1 Å². The lowest BCUT2D eigenvalue weighted by atomic mass is 10.0. The predicted molar refractivity (Wildman–Crippen MR) is 97.8 cm³/mol. The highest BCUT2D eigenvalue weighted by atomic mass is 19.4. The second-order valence-corrected chi connectivity index (χ2v) is 6.67. The number of aromatic nitrogens is 3. The van der Waals surface area contributed by atoms with Gasteiger partial charge in [-0.05, 0) is 55.2 Å². The molecule has 0 aliphatic carbocycles. The van der Waals surface area contributed by atoms with Gasteiger partial charge in [-0.25, -0.2) is 4.98 Å². The second kappa shape index (κ2) is 7.10. The van der Waals surface area contributed by atoms with Crippen molar-refractivity contribution in [3.63, 3.8) is 0 Å². The molecule has 1 N–H and O–H groups in total. The van der Waals surface area contributed by atoms with E-state index >= 15 is 0 Å². The number of anilines is 1. The minimum Gasteiger partial charge on any atom is -0.305 e. The van der Waals surface area contributed by atoms with Crippen LogP contribution in [-0.4, -0.2) is 20.7 Å². The fourth-order valence-electron chi connectivity index (χ4n) is 3.22. The largest absolute Gasteiger partial charge is 0.416 e. The zero-order valence-corrected chi connectivity index (χ0v) is 14.8. The van der Waals surface area contributed by atoms with Crippen LogP contribution in [0.1, 0.15) is 34.6 Å². The number of nitrogens with one attached hydrogen (secondary N) is 1. The summed E-state index contributed by atoms with van der Waals surface area (Å²) >= 11 is 0. The van der Waals surface area contributed by atoms with Gasteiger partial charge in [0.25, 0.3) is 5.91 Å². The molecule has 0 fully saturated rings. The van der Waals surface area contributed by atoms with Crippen LogP contribution in [0.25, 0.3) is 11.1 Å². The molecule has 144 valence electrons. The maximum absolute atomic E-state index is 12.9. The molecular formula is C20H17F3N4O. The number of hydrogen-bond acceptors (Lipinski definition) is 3. The molecule has 0 atom stereocenters. The van der Waals surface area contributed by atoms with E-state index in [0.717, 1.165) is 43.6 Å². The van der Waals surface area contributed by atoms with E-state index in [1.807, 2.05) is 4.68 Å². The fraction of sp³-hybridized carbons (Fsp3) is 0.250. The monoisotopic (exact) mass is 386 g/mol. The van der Waals surface area contributed by atoms with Crippen molar-refractivity contribution in [2.24, 2.45) is 0 Å². The number of fused-ring (bicyclic) bond motifs is 1. The van der Waals surface area contributed by atoms with Crippen LogP contribution in [0.4, 0.5) is 19.0 Å². The zero-order chi connectivity index (χ0) is 19.7. The first-order valence-corrected chi connectivity index (χ1v) is 8.92. The Balaban J connectivity index is 1.49. The molecule has 1 aliphatic rings. The van der Waals surface area contributed by atoms with Crippen LogP contribution in [0.5, 0.6) is 0 Å². The average Bonchev–Trinajstić information content (AvgIpc) is 3.12. The van der Waals surface area contributed by atoms with Crippen molar-refractivity contribution in [3.05, 3.63) is 65.6 Å². The quantitative estimate of drug-likeness (QED) is 0.718. The van der Waals surface area contributed by atoms with Gasteiger partial charge >= 0.3 is 6.18 Å². The molecule has 0 saturated carbocycles. The van der Waals surface area contributed by atoms with Crippen LogP contribution in [0, 0.1) is 0 Å². The number of nitrogens with zero attached hydrogens (tertiary/aromatic N) is 3. The van der Waals surface area contributed by atoms with Crippen LogP contribution >= 0.6 is 0 Å².